The summed E-state index contributed by atoms with van der Waals surface area (Å²) in [6, 6.07) is 6.66. The van der Waals surface area contributed by atoms with Crippen LogP contribution in [0.4, 0.5) is 0 Å². The topological polar surface area (TPSA) is 21.3 Å². The van der Waals surface area contributed by atoms with Gasteiger partial charge in [0.15, 0.2) is 0 Å². The highest BCUT2D eigenvalue weighted by Gasteiger charge is 2.16. The maximum atomic E-state index is 5.57. The molecule has 1 N–H and O–H groups in total. The van der Waals surface area contributed by atoms with E-state index >= 15 is 0 Å². The number of hydrogen-bond donors (Lipinski definition) is 1. The Balaban J connectivity index is 2.93. The zero-order chi connectivity index (χ0) is 14.4. The highest BCUT2D eigenvalue weighted by atomic mass is 16.5. The minimum absolute atomic E-state index is 0.543. The molecule has 1 aromatic rings. The number of methoxy groups -OCH3 is 1. The van der Waals surface area contributed by atoms with E-state index in [2.05, 4.69) is 51.2 Å². The Hall–Kier alpha value is -1.02. The molecular formula is C17H29NO. The molecule has 0 bridgehead atoms. The van der Waals surface area contributed by atoms with Gasteiger partial charge < -0.3 is 10.1 Å². The van der Waals surface area contributed by atoms with E-state index in [1.807, 2.05) is 7.05 Å². The lowest BCUT2D eigenvalue weighted by Gasteiger charge is -2.22. The molecule has 0 spiro atoms. The number of ether oxygens (including phenoxy) is 1. The fraction of sp³-hybridized carbons (Fsp3) is 0.647. The molecule has 0 radical (unpaired) electrons. The van der Waals surface area contributed by atoms with E-state index in [9.17, 15) is 0 Å². The summed E-state index contributed by atoms with van der Waals surface area (Å²) in [4.78, 5) is 0. The Morgan fingerprint density at radius 1 is 1.16 bits per heavy atom. The molecule has 1 unspecified atom stereocenters. The lowest BCUT2D eigenvalue weighted by Crippen LogP contribution is -2.25. The Labute approximate surface area is 118 Å². The van der Waals surface area contributed by atoms with Crippen LogP contribution in [0.5, 0.6) is 5.75 Å². The summed E-state index contributed by atoms with van der Waals surface area (Å²) in [6.07, 6.45) is 1.07. The summed E-state index contributed by atoms with van der Waals surface area (Å²) < 4.78 is 5.57. The van der Waals surface area contributed by atoms with Gasteiger partial charge in [-0.1, -0.05) is 39.8 Å². The summed E-state index contributed by atoms with van der Waals surface area (Å²) in [6.45, 7) is 10.1. The fourth-order valence-corrected chi connectivity index (χ4v) is 2.38. The SMILES string of the molecule is CNCC(Cc1ccc(C(C)C)cc1OC)C(C)C. The second kappa shape index (κ2) is 7.54. The van der Waals surface area contributed by atoms with Gasteiger partial charge in [-0.15, -0.1) is 0 Å². The van der Waals surface area contributed by atoms with Crippen LogP contribution in [0.25, 0.3) is 0 Å². The minimum Gasteiger partial charge on any atom is -0.496 e. The maximum absolute atomic E-state index is 5.57. The average molecular weight is 263 g/mol. The molecule has 0 saturated heterocycles. The van der Waals surface area contributed by atoms with E-state index < -0.39 is 0 Å². The molecule has 2 nitrogen and oxygen atoms in total. The first-order valence-corrected chi connectivity index (χ1v) is 7.31. The van der Waals surface area contributed by atoms with Crippen molar-refractivity contribution >= 4 is 0 Å². The summed E-state index contributed by atoms with van der Waals surface area (Å²) in [7, 11) is 3.79. The first kappa shape index (κ1) is 16.0. The Bertz CT molecular complexity index is 385. The van der Waals surface area contributed by atoms with E-state index in [4.69, 9.17) is 4.74 Å². The summed E-state index contributed by atoms with van der Waals surface area (Å²) >= 11 is 0. The Kier molecular flexibility index (Phi) is 6.36. The maximum Gasteiger partial charge on any atom is 0.122 e. The van der Waals surface area contributed by atoms with Gasteiger partial charge in [0.25, 0.3) is 0 Å². The molecule has 0 fully saturated rings. The van der Waals surface area contributed by atoms with Gasteiger partial charge in [0, 0.05) is 0 Å². The second-order valence-electron chi connectivity index (χ2n) is 5.99. The van der Waals surface area contributed by atoms with Crippen LogP contribution in [-0.4, -0.2) is 20.7 Å². The van der Waals surface area contributed by atoms with Crippen LogP contribution in [0.2, 0.25) is 0 Å². The van der Waals surface area contributed by atoms with Gasteiger partial charge in [-0.3, -0.25) is 0 Å². The quantitative estimate of drug-likeness (QED) is 0.806. The molecule has 0 heterocycles. The Morgan fingerprint density at radius 3 is 2.32 bits per heavy atom. The Morgan fingerprint density at radius 2 is 1.84 bits per heavy atom. The molecule has 1 aromatic carbocycles. The number of rotatable bonds is 7. The second-order valence-corrected chi connectivity index (χ2v) is 5.99. The van der Waals surface area contributed by atoms with Gasteiger partial charge in [-0.25, -0.2) is 0 Å². The van der Waals surface area contributed by atoms with E-state index in [0.717, 1.165) is 18.7 Å². The van der Waals surface area contributed by atoms with E-state index in [1.54, 1.807) is 7.11 Å². The molecule has 108 valence electrons. The van der Waals surface area contributed by atoms with Crippen LogP contribution >= 0.6 is 0 Å². The molecule has 0 aliphatic rings. The van der Waals surface area contributed by atoms with Crippen molar-refractivity contribution in [3.63, 3.8) is 0 Å². The van der Waals surface area contributed by atoms with Gasteiger partial charge in [0.05, 0.1) is 7.11 Å². The predicted octanol–water partition coefficient (Wildman–Crippen LogP) is 3.85. The van der Waals surface area contributed by atoms with Gasteiger partial charge in [-0.2, -0.15) is 0 Å². The molecule has 0 amide bonds. The third kappa shape index (κ3) is 4.54. The van der Waals surface area contributed by atoms with Crippen LogP contribution < -0.4 is 10.1 Å². The fourth-order valence-electron chi connectivity index (χ4n) is 2.38. The van der Waals surface area contributed by atoms with Crippen molar-refractivity contribution in [2.24, 2.45) is 11.8 Å². The number of nitrogens with one attached hydrogen (secondary N) is 1. The smallest absolute Gasteiger partial charge is 0.122 e. The molecule has 0 aliphatic heterocycles. The standard InChI is InChI=1S/C17H29NO/c1-12(2)14-7-8-15(17(10-14)19-6)9-16(11-18-5)13(3)4/h7-8,10,12-13,16,18H,9,11H2,1-6H3. The van der Waals surface area contributed by atoms with E-state index in [1.165, 1.54) is 11.1 Å². The molecule has 1 atom stereocenters. The number of benzene rings is 1. The van der Waals surface area contributed by atoms with Gasteiger partial charge in [0.2, 0.25) is 0 Å². The van der Waals surface area contributed by atoms with E-state index in [-0.39, 0.29) is 0 Å². The van der Waals surface area contributed by atoms with Gasteiger partial charge in [-0.05, 0) is 55.0 Å². The third-order valence-electron chi connectivity index (χ3n) is 3.87. The summed E-state index contributed by atoms with van der Waals surface area (Å²) in [5.74, 6) is 2.89. The summed E-state index contributed by atoms with van der Waals surface area (Å²) in [5, 5.41) is 3.30. The van der Waals surface area contributed by atoms with Crippen LogP contribution in [0, 0.1) is 11.8 Å². The van der Waals surface area contributed by atoms with E-state index in [0.29, 0.717) is 17.8 Å². The monoisotopic (exact) mass is 263 g/mol. The van der Waals surface area contributed by atoms with Crippen LogP contribution in [0.15, 0.2) is 18.2 Å². The first-order valence-electron chi connectivity index (χ1n) is 7.31. The van der Waals surface area contributed by atoms with Crippen LogP contribution in [-0.2, 0) is 6.42 Å². The molecule has 0 aliphatic carbocycles. The lowest BCUT2D eigenvalue weighted by atomic mass is 9.88. The molecule has 0 saturated carbocycles. The van der Waals surface area contributed by atoms with Crippen molar-refractivity contribution < 1.29 is 4.74 Å². The molecule has 0 aromatic heterocycles. The van der Waals surface area contributed by atoms with Crippen molar-refractivity contribution in [2.75, 3.05) is 20.7 Å². The third-order valence-corrected chi connectivity index (χ3v) is 3.87. The highest BCUT2D eigenvalue weighted by molar-refractivity contribution is 5.39. The van der Waals surface area contributed by atoms with Crippen LogP contribution in [0.1, 0.15) is 44.7 Å². The predicted molar refractivity (Wildman–Crippen MR) is 83.0 cm³/mol. The molecule has 1 rings (SSSR count). The van der Waals surface area contributed by atoms with Crippen LogP contribution in [0.3, 0.4) is 0 Å². The van der Waals surface area contributed by atoms with Crippen molar-refractivity contribution in [3.8, 4) is 5.75 Å². The highest BCUT2D eigenvalue weighted by Crippen LogP contribution is 2.28. The first-order chi connectivity index (χ1) is 8.99. The van der Waals surface area contributed by atoms with Crippen molar-refractivity contribution in [3.05, 3.63) is 29.3 Å². The van der Waals surface area contributed by atoms with Crippen molar-refractivity contribution in [1.29, 1.82) is 0 Å². The largest absolute Gasteiger partial charge is 0.496 e. The van der Waals surface area contributed by atoms with Gasteiger partial charge in [0.1, 0.15) is 5.75 Å². The lowest BCUT2D eigenvalue weighted by molar-refractivity contribution is 0.358. The minimum atomic E-state index is 0.543. The number of hydrogen-bond acceptors (Lipinski definition) is 2. The summed E-state index contributed by atoms with van der Waals surface area (Å²) in [5.41, 5.74) is 2.66. The molecular weight excluding hydrogens is 234 g/mol. The van der Waals surface area contributed by atoms with Crippen molar-refractivity contribution in [1.82, 2.24) is 5.32 Å². The molecule has 19 heavy (non-hydrogen) atoms. The zero-order valence-electron chi connectivity index (χ0n) is 13.3. The normalized spacial score (nSPS) is 13.1. The van der Waals surface area contributed by atoms with Crippen molar-refractivity contribution in [2.45, 2.75) is 40.0 Å². The van der Waals surface area contributed by atoms with Gasteiger partial charge >= 0.3 is 0 Å². The zero-order valence-corrected chi connectivity index (χ0v) is 13.3. The average Bonchev–Trinajstić information content (AvgIpc) is 2.38. The molecule has 2 heteroatoms.